The minimum absolute atomic E-state index is 0.134. The van der Waals surface area contributed by atoms with Gasteiger partial charge in [0, 0.05) is 17.3 Å². The standard InChI is InChI=1S/C22H18Cl2N2O2S/c1-2-13-3-6-15(7-4-13)25-22-26-21(27)20(29-22)12-16-8-10-19(28-16)14-5-9-17(23)18(24)11-14/h3-12,22,25H,2H2,1H3,(H,26,27)/b20-12+. The first-order valence-corrected chi connectivity index (χ1v) is 10.8. The minimum atomic E-state index is -0.231. The number of nitrogens with one attached hydrogen (secondary N) is 2. The van der Waals surface area contributed by atoms with E-state index in [9.17, 15) is 4.79 Å². The van der Waals surface area contributed by atoms with Crippen LogP contribution in [0, 0.1) is 0 Å². The normalized spacial score (nSPS) is 17.6. The van der Waals surface area contributed by atoms with Gasteiger partial charge in [-0.2, -0.15) is 0 Å². The predicted octanol–water partition coefficient (Wildman–Crippen LogP) is 6.42. The Labute approximate surface area is 183 Å². The molecule has 1 saturated heterocycles. The van der Waals surface area contributed by atoms with Gasteiger partial charge in [-0.05, 0) is 54.4 Å². The second kappa shape index (κ2) is 8.57. The second-order valence-corrected chi connectivity index (χ2v) is 8.47. The maximum Gasteiger partial charge on any atom is 0.260 e. The van der Waals surface area contributed by atoms with Crippen molar-refractivity contribution < 1.29 is 9.21 Å². The van der Waals surface area contributed by atoms with Crippen LogP contribution in [-0.2, 0) is 11.2 Å². The molecule has 1 aliphatic heterocycles. The molecule has 3 aromatic rings. The Hall–Kier alpha value is -2.34. The van der Waals surface area contributed by atoms with E-state index >= 15 is 0 Å². The average molecular weight is 445 g/mol. The van der Waals surface area contributed by atoms with E-state index in [0.717, 1.165) is 17.7 Å². The third-order valence-electron chi connectivity index (χ3n) is 4.49. The number of hydrogen-bond acceptors (Lipinski definition) is 4. The number of thioether (sulfide) groups is 1. The van der Waals surface area contributed by atoms with Gasteiger partial charge < -0.3 is 15.1 Å². The largest absolute Gasteiger partial charge is 0.457 e. The van der Waals surface area contributed by atoms with E-state index < -0.39 is 0 Å². The molecule has 29 heavy (non-hydrogen) atoms. The maximum atomic E-state index is 12.3. The fraction of sp³-hybridized carbons (Fsp3) is 0.136. The molecule has 0 bridgehead atoms. The summed E-state index contributed by atoms with van der Waals surface area (Å²) in [6.45, 7) is 2.12. The summed E-state index contributed by atoms with van der Waals surface area (Å²) in [5.74, 6) is 1.12. The summed E-state index contributed by atoms with van der Waals surface area (Å²) in [6.07, 6.45) is 2.73. The first kappa shape index (κ1) is 20.0. The van der Waals surface area contributed by atoms with Gasteiger partial charge in [0.25, 0.3) is 5.91 Å². The third kappa shape index (κ3) is 4.64. The zero-order valence-corrected chi connectivity index (χ0v) is 17.9. The number of carbonyl (C=O) groups is 1. The Bertz CT molecular complexity index is 1080. The molecular formula is C22H18Cl2N2O2S. The van der Waals surface area contributed by atoms with Gasteiger partial charge in [0.1, 0.15) is 11.5 Å². The molecule has 0 spiro atoms. The van der Waals surface area contributed by atoms with Gasteiger partial charge >= 0.3 is 0 Å². The van der Waals surface area contributed by atoms with Crippen LogP contribution in [0.1, 0.15) is 18.2 Å². The van der Waals surface area contributed by atoms with Crippen LogP contribution in [0.4, 0.5) is 5.69 Å². The molecule has 1 atom stereocenters. The molecular weight excluding hydrogens is 427 g/mol. The van der Waals surface area contributed by atoms with Crippen LogP contribution >= 0.6 is 35.0 Å². The molecule has 1 aliphatic rings. The molecule has 1 aromatic heterocycles. The Morgan fingerprint density at radius 2 is 1.90 bits per heavy atom. The van der Waals surface area contributed by atoms with Crippen molar-refractivity contribution in [3.05, 3.63) is 80.9 Å². The number of furan rings is 1. The quantitative estimate of drug-likeness (QED) is 0.446. The lowest BCUT2D eigenvalue weighted by Gasteiger charge is -2.12. The van der Waals surface area contributed by atoms with Crippen LogP contribution in [0.25, 0.3) is 17.4 Å². The van der Waals surface area contributed by atoms with E-state index in [1.165, 1.54) is 17.3 Å². The number of aryl methyl sites for hydroxylation is 1. The van der Waals surface area contributed by atoms with Crippen molar-refractivity contribution in [2.45, 2.75) is 18.8 Å². The fourth-order valence-corrected chi connectivity index (χ4v) is 4.18. The van der Waals surface area contributed by atoms with E-state index in [-0.39, 0.29) is 11.4 Å². The Morgan fingerprint density at radius 1 is 1.10 bits per heavy atom. The number of carbonyl (C=O) groups excluding carboxylic acids is 1. The number of rotatable bonds is 5. The first-order valence-electron chi connectivity index (χ1n) is 9.12. The molecule has 7 heteroatoms. The lowest BCUT2D eigenvalue weighted by molar-refractivity contribution is -0.116. The maximum absolute atomic E-state index is 12.3. The molecule has 4 nitrogen and oxygen atoms in total. The SMILES string of the molecule is CCc1ccc(NC2NC(=O)/C(=C\c3ccc(-c4ccc(Cl)c(Cl)c4)o3)S2)cc1. The monoisotopic (exact) mass is 444 g/mol. The summed E-state index contributed by atoms with van der Waals surface area (Å²) in [6, 6.07) is 17.2. The fourth-order valence-electron chi connectivity index (χ4n) is 2.92. The van der Waals surface area contributed by atoms with Gasteiger partial charge in [-0.15, -0.1) is 0 Å². The third-order valence-corrected chi connectivity index (χ3v) is 6.26. The smallest absolute Gasteiger partial charge is 0.260 e. The number of hydrogen-bond donors (Lipinski definition) is 2. The van der Waals surface area contributed by atoms with E-state index in [2.05, 4.69) is 29.7 Å². The van der Waals surface area contributed by atoms with Crippen molar-refractivity contribution in [2.24, 2.45) is 0 Å². The zero-order chi connectivity index (χ0) is 20.4. The number of benzene rings is 2. The van der Waals surface area contributed by atoms with Crippen molar-refractivity contribution in [2.75, 3.05) is 5.32 Å². The van der Waals surface area contributed by atoms with Crippen molar-refractivity contribution in [1.82, 2.24) is 5.32 Å². The van der Waals surface area contributed by atoms with Gasteiger partial charge in [-0.3, -0.25) is 4.79 Å². The second-order valence-electron chi connectivity index (χ2n) is 6.51. The molecule has 2 heterocycles. The van der Waals surface area contributed by atoms with Gasteiger partial charge in [0.2, 0.25) is 0 Å². The molecule has 2 N–H and O–H groups in total. The van der Waals surface area contributed by atoms with Crippen molar-refractivity contribution in [3.63, 3.8) is 0 Å². The average Bonchev–Trinajstić information content (AvgIpc) is 3.32. The number of halogens is 2. The highest BCUT2D eigenvalue weighted by molar-refractivity contribution is 8.05. The Balaban J connectivity index is 1.46. The minimum Gasteiger partial charge on any atom is -0.457 e. The topological polar surface area (TPSA) is 54.3 Å². The summed E-state index contributed by atoms with van der Waals surface area (Å²) < 4.78 is 5.86. The molecule has 1 fully saturated rings. The number of amides is 1. The van der Waals surface area contributed by atoms with E-state index in [1.807, 2.05) is 30.3 Å². The molecule has 1 amide bonds. The van der Waals surface area contributed by atoms with Crippen LogP contribution in [0.15, 0.2) is 63.9 Å². The molecule has 148 valence electrons. The van der Waals surface area contributed by atoms with E-state index in [1.54, 1.807) is 18.2 Å². The van der Waals surface area contributed by atoms with Crippen LogP contribution in [-0.4, -0.2) is 11.4 Å². The molecule has 0 saturated carbocycles. The summed E-state index contributed by atoms with van der Waals surface area (Å²) in [7, 11) is 0. The van der Waals surface area contributed by atoms with E-state index in [0.29, 0.717) is 26.5 Å². The van der Waals surface area contributed by atoms with Crippen LogP contribution in [0.3, 0.4) is 0 Å². The van der Waals surface area contributed by atoms with Crippen molar-refractivity contribution in [1.29, 1.82) is 0 Å². The summed E-state index contributed by atoms with van der Waals surface area (Å²) >= 11 is 13.5. The van der Waals surface area contributed by atoms with Gasteiger partial charge in [-0.25, -0.2) is 0 Å². The molecule has 1 unspecified atom stereocenters. The summed E-state index contributed by atoms with van der Waals surface area (Å²) in [5, 5.41) is 7.19. The highest BCUT2D eigenvalue weighted by Crippen LogP contribution is 2.33. The molecule has 0 aliphatic carbocycles. The highest BCUT2D eigenvalue weighted by atomic mass is 35.5. The predicted molar refractivity (Wildman–Crippen MR) is 121 cm³/mol. The number of anilines is 1. The Morgan fingerprint density at radius 3 is 2.62 bits per heavy atom. The molecule has 0 radical (unpaired) electrons. The summed E-state index contributed by atoms with van der Waals surface area (Å²) in [5.41, 5.74) is 2.82. The van der Waals surface area contributed by atoms with E-state index in [4.69, 9.17) is 27.6 Å². The zero-order valence-electron chi connectivity index (χ0n) is 15.5. The van der Waals surface area contributed by atoms with Crippen molar-refractivity contribution >= 4 is 52.6 Å². The van der Waals surface area contributed by atoms with Crippen LogP contribution in [0.5, 0.6) is 0 Å². The molecule has 4 rings (SSSR count). The molecule has 2 aromatic carbocycles. The van der Waals surface area contributed by atoms with Crippen LogP contribution in [0.2, 0.25) is 10.0 Å². The lowest BCUT2D eigenvalue weighted by Crippen LogP contribution is -2.30. The van der Waals surface area contributed by atoms with Gasteiger partial charge in [-0.1, -0.05) is 54.0 Å². The van der Waals surface area contributed by atoms with Crippen molar-refractivity contribution in [3.8, 4) is 11.3 Å². The van der Waals surface area contributed by atoms with Crippen LogP contribution < -0.4 is 10.6 Å². The van der Waals surface area contributed by atoms with Gasteiger partial charge in [0.05, 0.1) is 15.0 Å². The van der Waals surface area contributed by atoms with Gasteiger partial charge in [0.15, 0.2) is 5.50 Å². The first-order chi connectivity index (χ1) is 14.0. The lowest BCUT2D eigenvalue weighted by atomic mass is 10.1. The summed E-state index contributed by atoms with van der Waals surface area (Å²) in [4.78, 5) is 12.9. The Kier molecular flexibility index (Phi) is 5.90. The highest BCUT2D eigenvalue weighted by Gasteiger charge is 2.27.